The summed E-state index contributed by atoms with van der Waals surface area (Å²) in [5.41, 5.74) is -2.22. The Kier molecular flexibility index (Phi) is 10.8. The first kappa shape index (κ1) is 35.0. The first-order chi connectivity index (χ1) is 22.9. The molecule has 1 heterocycles. The lowest BCUT2D eigenvalue weighted by Gasteiger charge is -2.28. The number of benzene rings is 3. The van der Waals surface area contributed by atoms with E-state index in [1.165, 1.54) is 25.7 Å². The van der Waals surface area contributed by atoms with Crippen molar-refractivity contribution < 1.29 is 44.3 Å². The third-order valence-electron chi connectivity index (χ3n) is 8.54. The Balaban J connectivity index is 1.28. The zero-order valence-electron chi connectivity index (χ0n) is 25.8. The highest BCUT2D eigenvalue weighted by atomic mass is 19.3. The van der Waals surface area contributed by atoms with Gasteiger partial charge in [-0.25, -0.2) is 40.7 Å². The van der Waals surface area contributed by atoms with Crippen molar-refractivity contribution >= 4 is 12.2 Å². The quantitative estimate of drug-likeness (QED) is 0.0685. The van der Waals surface area contributed by atoms with E-state index >= 15 is 8.78 Å². The largest absolute Gasteiger partial charge is 0.432 e. The van der Waals surface area contributed by atoms with E-state index in [0.717, 1.165) is 43.4 Å². The smallest absolute Gasteiger partial charge is 0.429 e. The molecule has 0 N–H and O–H groups in total. The number of unbranched alkanes of at least 4 members (excludes halogenated alkanes) is 2. The zero-order chi connectivity index (χ0) is 34.6. The molecule has 0 saturated heterocycles. The van der Waals surface area contributed by atoms with Crippen molar-refractivity contribution in [3.05, 3.63) is 112 Å². The summed E-state index contributed by atoms with van der Waals surface area (Å²) in [4.78, 5) is 8.43. The highest BCUT2D eigenvalue weighted by molar-refractivity contribution is 5.70. The molecule has 3 nitrogen and oxygen atoms in total. The van der Waals surface area contributed by atoms with Gasteiger partial charge in [0.2, 0.25) is 0 Å². The van der Waals surface area contributed by atoms with Crippen molar-refractivity contribution in [1.29, 1.82) is 0 Å². The molecular weight excluding hydrogens is 647 g/mol. The second-order valence-corrected chi connectivity index (χ2v) is 11.9. The Labute approximate surface area is 271 Å². The number of hydrogen-bond acceptors (Lipinski definition) is 3. The molecule has 5 rings (SSSR count). The standard InChI is InChI=1S/C36H31F9N2O/c1-2-3-4-5-20-6-9-22(10-7-20)24-18-46-35(47-19-24)23-14-29(39)33(30(40)15-23)36(44,45)48-25-16-27(37)26(28(38)17-25)11-8-21-12-31(41)34(43)32(42)13-21/h8,11-20,22H,2-7,9-10H2,1H3/b11-8+. The first-order valence-electron chi connectivity index (χ1n) is 15.6. The summed E-state index contributed by atoms with van der Waals surface area (Å²) in [6, 6.07) is 3.03. The maximum Gasteiger partial charge on any atom is 0.432 e. The summed E-state index contributed by atoms with van der Waals surface area (Å²) in [6.07, 6.45) is 9.05. The van der Waals surface area contributed by atoms with Gasteiger partial charge in [-0.05, 0) is 79.0 Å². The van der Waals surface area contributed by atoms with E-state index in [0.29, 0.717) is 42.3 Å². The molecule has 4 aromatic rings. The Hall–Kier alpha value is -4.35. The molecule has 1 aliphatic carbocycles. The molecule has 0 radical (unpaired) electrons. The van der Waals surface area contributed by atoms with Crippen molar-refractivity contribution in [2.75, 3.05) is 0 Å². The molecule has 254 valence electrons. The van der Waals surface area contributed by atoms with Gasteiger partial charge in [-0.15, -0.1) is 0 Å². The van der Waals surface area contributed by atoms with Gasteiger partial charge in [-0.3, -0.25) is 0 Å². The lowest BCUT2D eigenvalue weighted by Crippen LogP contribution is -2.25. The van der Waals surface area contributed by atoms with Gasteiger partial charge in [0.25, 0.3) is 0 Å². The molecular formula is C36H31F9N2O. The summed E-state index contributed by atoms with van der Waals surface area (Å²) in [6.45, 7) is 2.18. The number of nitrogens with zero attached hydrogens (tertiary/aromatic N) is 2. The lowest BCUT2D eigenvalue weighted by molar-refractivity contribution is -0.189. The predicted octanol–water partition coefficient (Wildman–Crippen LogP) is 11.3. The van der Waals surface area contributed by atoms with Crippen LogP contribution in [0.2, 0.25) is 0 Å². The Morgan fingerprint density at radius 1 is 0.729 bits per heavy atom. The summed E-state index contributed by atoms with van der Waals surface area (Å²) in [5, 5.41) is 0. The van der Waals surface area contributed by atoms with Crippen LogP contribution < -0.4 is 4.74 Å². The maximum atomic E-state index is 15.0. The van der Waals surface area contributed by atoms with Crippen LogP contribution in [-0.2, 0) is 6.11 Å². The molecule has 1 fully saturated rings. The third kappa shape index (κ3) is 8.02. The topological polar surface area (TPSA) is 35.0 Å². The number of ether oxygens (including phenoxy) is 1. The van der Waals surface area contributed by atoms with Gasteiger partial charge >= 0.3 is 6.11 Å². The molecule has 1 aliphatic rings. The predicted molar refractivity (Wildman–Crippen MR) is 162 cm³/mol. The second-order valence-electron chi connectivity index (χ2n) is 11.9. The van der Waals surface area contributed by atoms with E-state index in [-0.39, 0.29) is 22.9 Å². The average molecular weight is 679 g/mol. The van der Waals surface area contributed by atoms with Crippen molar-refractivity contribution in [3.63, 3.8) is 0 Å². The van der Waals surface area contributed by atoms with E-state index in [9.17, 15) is 30.7 Å². The molecule has 0 aliphatic heterocycles. The van der Waals surface area contributed by atoms with Crippen LogP contribution >= 0.6 is 0 Å². The maximum absolute atomic E-state index is 15.0. The van der Waals surface area contributed by atoms with Gasteiger partial charge in [-0.1, -0.05) is 38.7 Å². The molecule has 3 aromatic carbocycles. The molecule has 48 heavy (non-hydrogen) atoms. The van der Waals surface area contributed by atoms with Crippen LogP contribution in [0.5, 0.6) is 5.75 Å². The van der Waals surface area contributed by atoms with Crippen LogP contribution in [0.15, 0.2) is 48.8 Å². The molecule has 1 saturated carbocycles. The highest BCUT2D eigenvalue weighted by Gasteiger charge is 2.41. The SMILES string of the molecule is CCCCCC1CCC(c2cnc(-c3cc(F)c(C(F)(F)Oc4cc(F)c(/C=C/c5cc(F)c(F)c(F)c5)c(F)c4)c(F)c3)nc2)CC1. The third-order valence-corrected chi connectivity index (χ3v) is 8.54. The number of aromatic nitrogens is 2. The van der Waals surface area contributed by atoms with Gasteiger partial charge in [0.15, 0.2) is 23.3 Å². The highest BCUT2D eigenvalue weighted by Crippen LogP contribution is 2.39. The summed E-state index contributed by atoms with van der Waals surface area (Å²) >= 11 is 0. The normalized spacial score (nSPS) is 16.9. The molecule has 1 aromatic heterocycles. The molecule has 0 bridgehead atoms. The fourth-order valence-electron chi connectivity index (χ4n) is 5.97. The van der Waals surface area contributed by atoms with E-state index < -0.39 is 63.7 Å². The monoisotopic (exact) mass is 678 g/mol. The molecule has 12 heteroatoms. The number of hydrogen-bond donors (Lipinski definition) is 0. The minimum absolute atomic E-state index is 0.0838. The average Bonchev–Trinajstić information content (AvgIpc) is 3.03. The van der Waals surface area contributed by atoms with Gasteiger partial charge in [-0.2, -0.15) is 8.78 Å². The lowest BCUT2D eigenvalue weighted by atomic mass is 9.77. The Morgan fingerprint density at radius 2 is 1.31 bits per heavy atom. The van der Waals surface area contributed by atoms with Crippen LogP contribution in [0.3, 0.4) is 0 Å². The number of rotatable bonds is 11. The van der Waals surface area contributed by atoms with Crippen LogP contribution in [0.1, 0.15) is 86.5 Å². The Morgan fingerprint density at radius 3 is 1.88 bits per heavy atom. The van der Waals surface area contributed by atoms with Gasteiger partial charge in [0, 0.05) is 35.7 Å². The van der Waals surface area contributed by atoms with Crippen LogP contribution in [0.25, 0.3) is 23.5 Å². The van der Waals surface area contributed by atoms with Crippen molar-refractivity contribution in [3.8, 4) is 17.1 Å². The van der Waals surface area contributed by atoms with E-state index in [1.54, 1.807) is 12.4 Å². The van der Waals surface area contributed by atoms with E-state index in [1.807, 2.05) is 0 Å². The van der Waals surface area contributed by atoms with E-state index in [4.69, 9.17) is 0 Å². The fraction of sp³-hybridized carbons (Fsp3) is 0.333. The van der Waals surface area contributed by atoms with Crippen molar-refractivity contribution in [1.82, 2.24) is 9.97 Å². The van der Waals surface area contributed by atoms with Crippen molar-refractivity contribution in [2.45, 2.75) is 70.3 Å². The van der Waals surface area contributed by atoms with Gasteiger partial charge in [0.1, 0.15) is 34.6 Å². The molecule has 0 unspecified atom stereocenters. The molecule has 0 spiro atoms. The first-order valence-corrected chi connectivity index (χ1v) is 15.6. The number of alkyl halides is 2. The minimum atomic E-state index is -4.72. The van der Waals surface area contributed by atoms with Gasteiger partial charge in [0.05, 0.1) is 0 Å². The zero-order valence-corrected chi connectivity index (χ0v) is 25.8. The minimum Gasteiger partial charge on any atom is -0.429 e. The van der Waals surface area contributed by atoms with Crippen LogP contribution in [-0.4, -0.2) is 9.97 Å². The number of halogens is 9. The van der Waals surface area contributed by atoms with E-state index in [2.05, 4.69) is 21.6 Å². The van der Waals surface area contributed by atoms with Gasteiger partial charge < -0.3 is 4.74 Å². The Bertz CT molecular complexity index is 1720. The second kappa shape index (κ2) is 14.8. The van der Waals surface area contributed by atoms with Crippen LogP contribution in [0, 0.1) is 46.6 Å². The summed E-state index contributed by atoms with van der Waals surface area (Å²) in [5.74, 6) is -11.4. The summed E-state index contributed by atoms with van der Waals surface area (Å²) < 4.78 is 134. The fourth-order valence-corrected chi connectivity index (χ4v) is 5.97. The molecule has 0 atom stereocenters. The van der Waals surface area contributed by atoms with Crippen molar-refractivity contribution in [2.24, 2.45) is 5.92 Å². The summed E-state index contributed by atoms with van der Waals surface area (Å²) in [7, 11) is 0. The molecule has 0 amide bonds. The van der Waals surface area contributed by atoms with Crippen LogP contribution in [0.4, 0.5) is 39.5 Å².